The van der Waals surface area contributed by atoms with Crippen molar-refractivity contribution < 1.29 is 22.7 Å². The summed E-state index contributed by atoms with van der Waals surface area (Å²) in [6, 6.07) is 8.07. The minimum atomic E-state index is -4.21. The van der Waals surface area contributed by atoms with Gasteiger partial charge in [0, 0.05) is 9.50 Å². The highest BCUT2D eigenvalue weighted by molar-refractivity contribution is 9.10. The lowest BCUT2D eigenvalue weighted by Gasteiger charge is -2.24. The van der Waals surface area contributed by atoms with Gasteiger partial charge in [-0.05, 0) is 75.6 Å². The van der Waals surface area contributed by atoms with E-state index in [2.05, 4.69) is 26.0 Å². The quantitative estimate of drug-likeness (QED) is 0.578. The first-order valence-electron chi connectivity index (χ1n) is 9.28. The van der Waals surface area contributed by atoms with E-state index in [4.69, 9.17) is 16.3 Å². The van der Waals surface area contributed by atoms with E-state index in [-0.39, 0.29) is 4.90 Å². The predicted octanol–water partition coefficient (Wildman–Crippen LogP) is 4.79. The summed E-state index contributed by atoms with van der Waals surface area (Å²) < 4.78 is 34.0. The molecule has 0 saturated heterocycles. The van der Waals surface area contributed by atoms with Gasteiger partial charge >= 0.3 is 6.09 Å². The summed E-state index contributed by atoms with van der Waals surface area (Å²) in [4.78, 5) is 25.3. The molecule has 7 nitrogen and oxygen atoms in total. The van der Waals surface area contributed by atoms with Crippen molar-refractivity contribution in [3.8, 4) is 0 Å². The number of aryl methyl sites for hydroxylation is 2. The largest absolute Gasteiger partial charge is 0.444 e. The summed E-state index contributed by atoms with van der Waals surface area (Å²) in [5, 5.41) is 2.86. The number of hydrogen-bond donors (Lipinski definition) is 2. The van der Waals surface area contributed by atoms with E-state index >= 15 is 0 Å². The Kier molecular flexibility index (Phi) is 7.78. The third kappa shape index (κ3) is 6.95. The summed E-state index contributed by atoms with van der Waals surface area (Å²) in [5.41, 5.74) is 0.473. The molecular weight excluding hydrogens is 508 g/mol. The smallest absolute Gasteiger partial charge is 0.408 e. The van der Waals surface area contributed by atoms with Gasteiger partial charge in [-0.2, -0.15) is 0 Å². The van der Waals surface area contributed by atoms with Gasteiger partial charge in [0.15, 0.2) is 0 Å². The van der Waals surface area contributed by atoms with Crippen LogP contribution < -0.4 is 10.0 Å². The van der Waals surface area contributed by atoms with Crippen LogP contribution in [0.1, 0.15) is 43.5 Å². The van der Waals surface area contributed by atoms with E-state index in [1.165, 1.54) is 24.3 Å². The molecule has 2 amide bonds. The minimum absolute atomic E-state index is 0.00354. The molecule has 31 heavy (non-hydrogen) atoms. The number of hydrogen-bond acceptors (Lipinski definition) is 5. The van der Waals surface area contributed by atoms with E-state index in [9.17, 15) is 18.0 Å². The number of nitrogens with one attached hydrogen (secondary N) is 2. The third-order valence-corrected chi connectivity index (χ3v) is 6.42. The average molecular weight is 532 g/mol. The Morgan fingerprint density at radius 1 is 1.06 bits per heavy atom. The maximum absolute atomic E-state index is 13.0. The summed E-state index contributed by atoms with van der Waals surface area (Å²) in [6.45, 7) is 8.29. The van der Waals surface area contributed by atoms with Crippen LogP contribution >= 0.6 is 27.5 Å². The zero-order valence-corrected chi connectivity index (χ0v) is 20.9. The molecule has 0 aliphatic rings. The maximum Gasteiger partial charge on any atom is 0.408 e. The molecule has 0 spiro atoms. The highest BCUT2D eigenvalue weighted by Crippen LogP contribution is 2.25. The Labute approximate surface area is 195 Å². The standard InChI is InChI=1S/C21H24BrClN2O5S/c1-12-10-15(22)11-13(2)18(12)31(28,29)25-19(26)17(14-6-8-16(23)9-7-14)24-20(27)30-21(3,4)5/h6-11,17H,1-5H3,(H,24,27)(H,25,26). The molecule has 2 rings (SSSR count). The molecule has 0 aliphatic heterocycles. The number of carbonyl (C=O) groups excluding carboxylic acids is 2. The molecule has 10 heteroatoms. The summed E-state index contributed by atoms with van der Waals surface area (Å²) in [7, 11) is -4.21. The molecule has 0 aromatic heterocycles. The summed E-state index contributed by atoms with van der Waals surface area (Å²) in [5.74, 6) is -0.935. The SMILES string of the molecule is Cc1cc(Br)cc(C)c1S(=O)(=O)NC(=O)C(NC(=O)OC(C)(C)C)c1ccc(Cl)cc1. The Morgan fingerprint density at radius 3 is 2.06 bits per heavy atom. The van der Waals surface area contributed by atoms with E-state index < -0.39 is 33.7 Å². The Bertz CT molecular complexity index is 1070. The molecule has 2 aromatic carbocycles. The van der Waals surface area contributed by atoms with E-state index in [0.29, 0.717) is 21.7 Å². The van der Waals surface area contributed by atoms with Crippen LogP contribution in [0.3, 0.4) is 0 Å². The van der Waals surface area contributed by atoms with Crippen molar-refractivity contribution in [1.29, 1.82) is 0 Å². The first-order valence-corrected chi connectivity index (χ1v) is 11.9. The van der Waals surface area contributed by atoms with Gasteiger partial charge in [0.2, 0.25) is 0 Å². The fourth-order valence-corrected chi connectivity index (χ4v) is 5.21. The van der Waals surface area contributed by atoms with Crippen molar-refractivity contribution in [3.63, 3.8) is 0 Å². The van der Waals surface area contributed by atoms with Gasteiger partial charge in [-0.1, -0.05) is 39.7 Å². The fraction of sp³-hybridized carbons (Fsp3) is 0.333. The predicted molar refractivity (Wildman–Crippen MR) is 123 cm³/mol. The van der Waals surface area contributed by atoms with Crippen molar-refractivity contribution in [2.75, 3.05) is 0 Å². The highest BCUT2D eigenvalue weighted by Gasteiger charge is 2.30. The molecule has 0 aliphatic carbocycles. The van der Waals surface area contributed by atoms with Crippen LogP contribution in [0, 0.1) is 13.8 Å². The van der Waals surface area contributed by atoms with Crippen LogP contribution in [0.25, 0.3) is 0 Å². The zero-order valence-electron chi connectivity index (χ0n) is 17.7. The number of amides is 2. The van der Waals surface area contributed by atoms with Crippen molar-refractivity contribution >= 4 is 49.6 Å². The van der Waals surface area contributed by atoms with Gasteiger partial charge in [-0.3, -0.25) is 4.79 Å². The number of ether oxygens (including phenoxy) is 1. The van der Waals surface area contributed by atoms with Gasteiger partial charge in [0.25, 0.3) is 15.9 Å². The van der Waals surface area contributed by atoms with Crippen molar-refractivity contribution in [1.82, 2.24) is 10.0 Å². The Morgan fingerprint density at radius 2 is 1.58 bits per heavy atom. The van der Waals surface area contributed by atoms with Crippen LogP contribution in [0.4, 0.5) is 4.79 Å². The summed E-state index contributed by atoms with van der Waals surface area (Å²) in [6.07, 6.45) is -0.865. The molecule has 1 unspecified atom stereocenters. The molecule has 1 atom stereocenters. The van der Waals surface area contributed by atoms with Crippen molar-refractivity contribution in [2.24, 2.45) is 0 Å². The minimum Gasteiger partial charge on any atom is -0.444 e. The molecule has 2 aromatic rings. The van der Waals surface area contributed by atoms with E-state index in [1.807, 2.05) is 0 Å². The highest BCUT2D eigenvalue weighted by atomic mass is 79.9. The lowest BCUT2D eigenvalue weighted by molar-refractivity contribution is -0.121. The van der Waals surface area contributed by atoms with Gasteiger partial charge < -0.3 is 10.1 Å². The van der Waals surface area contributed by atoms with Crippen LogP contribution in [0.15, 0.2) is 45.8 Å². The van der Waals surface area contributed by atoms with Gasteiger partial charge in [0.05, 0.1) is 4.90 Å². The first kappa shape index (κ1) is 25.2. The molecule has 0 radical (unpaired) electrons. The number of benzene rings is 2. The van der Waals surface area contributed by atoms with Gasteiger partial charge in [-0.25, -0.2) is 17.9 Å². The number of halogens is 2. The zero-order chi connectivity index (χ0) is 23.6. The Hall–Kier alpha value is -2.10. The first-order chi connectivity index (χ1) is 14.2. The Balaban J connectivity index is 2.38. The van der Waals surface area contributed by atoms with Crippen LogP contribution in [0.5, 0.6) is 0 Å². The molecule has 0 bridgehead atoms. The van der Waals surface area contributed by atoms with Crippen LogP contribution in [-0.4, -0.2) is 26.0 Å². The van der Waals surface area contributed by atoms with Crippen molar-refractivity contribution in [2.45, 2.75) is 51.2 Å². The molecule has 0 fully saturated rings. The number of carbonyl (C=O) groups is 2. The van der Waals surface area contributed by atoms with E-state index in [0.717, 1.165) is 4.47 Å². The number of alkyl carbamates (subject to hydrolysis) is 1. The van der Waals surface area contributed by atoms with Gasteiger partial charge in [-0.15, -0.1) is 0 Å². The number of sulfonamides is 1. The molecule has 2 N–H and O–H groups in total. The maximum atomic E-state index is 13.0. The average Bonchev–Trinajstić information content (AvgIpc) is 2.57. The monoisotopic (exact) mass is 530 g/mol. The lowest BCUT2D eigenvalue weighted by atomic mass is 10.1. The van der Waals surface area contributed by atoms with E-state index in [1.54, 1.807) is 46.8 Å². The molecular formula is C21H24BrClN2O5S. The van der Waals surface area contributed by atoms with Gasteiger partial charge in [0.1, 0.15) is 11.6 Å². The van der Waals surface area contributed by atoms with Crippen LogP contribution in [0.2, 0.25) is 5.02 Å². The molecule has 168 valence electrons. The molecule has 0 heterocycles. The second-order valence-corrected chi connectivity index (χ2v) is 10.9. The topological polar surface area (TPSA) is 102 Å². The second-order valence-electron chi connectivity index (χ2n) is 7.97. The summed E-state index contributed by atoms with van der Waals surface area (Å²) >= 11 is 9.23. The normalized spacial score (nSPS) is 12.7. The van der Waals surface area contributed by atoms with Crippen molar-refractivity contribution in [3.05, 3.63) is 62.6 Å². The van der Waals surface area contributed by atoms with Crippen LogP contribution in [-0.2, 0) is 19.6 Å². The second kappa shape index (κ2) is 9.58. The molecule has 0 saturated carbocycles. The third-order valence-electron chi connectivity index (χ3n) is 4.06. The lowest BCUT2D eigenvalue weighted by Crippen LogP contribution is -2.44. The fourth-order valence-electron chi connectivity index (χ4n) is 2.94. The number of rotatable bonds is 5.